The molecule has 3 aromatic carbocycles. The molecule has 1 atom stereocenters. The van der Waals surface area contributed by atoms with Gasteiger partial charge in [0.2, 0.25) is 5.24 Å². The largest absolute Gasteiger partial charge is 0.279 e. The first kappa shape index (κ1) is 17.5. The van der Waals surface area contributed by atoms with E-state index in [9.17, 15) is 13.2 Å². The highest BCUT2D eigenvalue weighted by atomic mass is 35.5. The summed E-state index contributed by atoms with van der Waals surface area (Å²) in [6.07, 6.45) is 0. The van der Waals surface area contributed by atoms with Crippen LogP contribution in [0.15, 0.2) is 77.7 Å². The minimum atomic E-state index is -3.96. The van der Waals surface area contributed by atoms with Gasteiger partial charge in [-0.1, -0.05) is 54.6 Å². The van der Waals surface area contributed by atoms with Crippen molar-refractivity contribution in [2.24, 2.45) is 0 Å². The van der Waals surface area contributed by atoms with E-state index >= 15 is 0 Å². The Balaban J connectivity index is 2.28. The third-order valence-corrected chi connectivity index (χ3v) is 6.20. The second-order valence-corrected chi connectivity index (χ2v) is 7.78. The van der Waals surface area contributed by atoms with Crippen LogP contribution in [0.25, 0.3) is 10.8 Å². The smallest absolute Gasteiger partial charge is 0.265 e. The predicted molar refractivity (Wildman–Crippen MR) is 100 cm³/mol. The number of anilines is 1. The van der Waals surface area contributed by atoms with E-state index in [1.165, 1.54) is 19.1 Å². The zero-order chi connectivity index (χ0) is 18.0. The molecule has 3 rings (SSSR count). The van der Waals surface area contributed by atoms with Gasteiger partial charge in [-0.15, -0.1) is 0 Å². The van der Waals surface area contributed by atoms with Crippen molar-refractivity contribution in [3.05, 3.63) is 72.8 Å². The molecule has 0 saturated heterocycles. The fourth-order valence-electron chi connectivity index (χ4n) is 2.74. The summed E-state index contributed by atoms with van der Waals surface area (Å²) < 4.78 is 27.6. The molecule has 0 fully saturated rings. The second kappa shape index (κ2) is 6.86. The molecule has 0 aromatic heterocycles. The summed E-state index contributed by atoms with van der Waals surface area (Å²) in [5.74, 6) is 0. The minimum Gasteiger partial charge on any atom is -0.279 e. The van der Waals surface area contributed by atoms with Gasteiger partial charge in [-0.3, -0.25) is 9.10 Å². The molecule has 0 aliphatic carbocycles. The Kier molecular flexibility index (Phi) is 4.79. The van der Waals surface area contributed by atoms with E-state index < -0.39 is 21.3 Å². The van der Waals surface area contributed by atoms with Gasteiger partial charge in [0.15, 0.2) is 0 Å². The Labute approximate surface area is 151 Å². The zero-order valence-electron chi connectivity index (χ0n) is 13.5. The first-order chi connectivity index (χ1) is 11.9. The van der Waals surface area contributed by atoms with Gasteiger partial charge in [0, 0.05) is 5.39 Å². The molecule has 0 N–H and O–H groups in total. The average molecular weight is 374 g/mol. The van der Waals surface area contributed by atoms with Gasteiger partial charge in [0.1, 0.15) is 6.04 Å². The van der Waals surface area contributed by atoms with Crippen LogP contribution in [0, 0.1) is 0 Å². The number of carbonyl (C=O) groups is 1. The highest BCUT2D eigenvalue weighted by molar-refractivity contribution is 7.93. The van der Waals surface area contributed by atoms with Gasteiger partial charge >= 0.3 is 0 Å². The predicted octanol–water partition coefficient (Wildman–Crippen LogP) is 4.19. The van der Waals surface area contributed by atoms with Crippen LogP contribution >= 0.6 is 11.6 Å². The Bertz CT molecular complexity index is 1010. The number of hydrogen-bond acceptors (Lipinski definition) is 3. The van der Waals surface area contributed by atoms with Crippen molar-refractivity contribution in [1.29, 1.82) is 0 Å². The number of fused-ring (bicyclic) bond motifs is 1. The lowest BCUT2D eigenvalue weighted by Crippen LogP contribution is -2.42. The number of sulfonamides is 1. The molecule has 0 heterocycles. The molecule has 1 unspecified atom stereocenters. The van der Waals surface area contributed by atoms with E-state index in [0.717, 1.165) is 15.1 Å². The van der Waals surface area contributed by atoms with Crippen molar-refractivity contribution >= 4 is 43.3 Å². The number of halogens is 1. The van der Waals surface area contributed by atoms with Crippen molar-refractivity contribution in [3.8, 4) is 0 Å². The fraction of sp³-hybridized carbons (Fsp3) is 0.105. The molecule has 0 spiro atoms. The molecule has 3 aromatic rings. The summed E-state index contributed by atoms with van der Waals surface area (Å²) in [5.41, 5.74) is 0.420. The lowest BCUT2D eigenvalue weighted by atomic mass is 10.1. The van der Waals surface area contributed by atoms with E-state index in [-0.39, 0.29) is 4.90 Å². The molecule has 0 aliphatic rings. The van der Waals surface area contributed by atoms with Crippen LogP contribution in [-0.4, -0.2) is 19.7 Å². The number of benzene rings is 3. The van der Waals surface area contributed by atoms with E-state index in [1.807, 2.05) is 30.3 Å². The van der Waals surface area contributed by atoms with Crippen LogP contribution in [0.4, 0.5) is 5.69 Å². The summed E-state index contributed by atoms with van der Waals surface area (Å²) in [5, 5.41) is 0.865. The Morgan fingerprint density at radius 3 is 2.20 bits per heavy atom. The van der Waals surface area contributed by atoms with E-state index in [1.54, 1.807) is 30.3 Å². The second-order valence-electron chi connectivity index (χ2n) is 5.59. The van der Waals surface area contributed by atoms with Gasteiger partial charge in [-0.2, -0.15) is 0 Å². The Morgan fingerprint density at radius 2 is 1.52 bits per heavy atom. The summed E-state index contributed by atoms with van der Waals surface area (Å²) >= 11 is 5.67. The van der Waals surface area contributed by atoms with Crippen molar-refractivity contribution in [2.45, 2.75) is 17.9 Å². The first-order valence-corrected chi connectivity index (χ1v) is 9.51. The van der Waals surface area contributed by atoms with Crippen LogP contribution in [0.3, 0.4) is 0 Å². The Morgan fingerprint density at radius 1 is 0.920 bits per heavy atom. The monoisotopic (exact) mass is 373 g/mol. The molecule has 128 valence electrons. The van der Waals surface area contributed by atoms with E-state index in [0.29, 0.717) is 5.69 Å². The summed E-state index contributed by atoms with van der Waals surface area (Å²) in [7, 11) is -3.96. The third-order valence-electron chi connectivity index (χ3n) is 3.98. The van der Waals surface area contributed by atoms with Crippen LogP contribution in [0.2, 0.25) is 0 Å². The van der Waals surface area contributed by atoms with E-state index in [4.69, 9.17) is 11.6 Å². The summed E-state index contributed by atoms with van der Waals surface area (Å²) in [6, 6.07) is 19.7. The van der Waals surface area contributed by atoms with Crippen LogP contribution in [0.5, 0.6) is 0 Å². The maximum absolute atomic E-state index is 13.2. The first-order valence-electron chi connectivity index (χ1n) is 7.69. The topological polar surface area (TPSA) is 54.5 Å². The van der Waals surface area contributed by atoms with Gasteiger partial charge < -0.3 is 0 Å². The molecule has 4 nitrogen and oxygen atoms in total. The number of nitrogens with zero attached hydrogens (tertiary/aromatic N) is 1. The maximum atomic E-state index is 13.2. The molecule has 0 bridgehead atoms. The van der Waals surface area contributed by atoms with E-state index in [2.05, 4.69) is 0 Å². The lowest BCUT2D eigenvalue weighted by molar-refractivity contribution is -0.112. The van der Waals surface area contributed by atoms with Gasteiger partial charge in [-0.25, -0.2) is 8.42 Å². The molecule has 0 radical (unpaired) electrons. The quantitative estimate of drug-likeness (QED) is 0.630. The minimum absolute atomic E-state index is 0.104. The van der Waals surface area contributed by atoms with Crippen molar-refractivity contribution in [2.75, 3.05) is 4.31 Å². The van der Waals surface area contributed by atoms with Crippen molar-refractivity contribution in [1.82, 2.24) is 0 Å². The molecular weight excluding hydrogens is 358 g/mol. The van der Waals surface area contributed by atoms with Gasteiger partial charge in [0.05, 0.1) is 10.6 Å². The highest BCUT2D eigenvalue weighted by Crippen LogP contribution is 2.33. The van der Waals surface area contributed by atoms with Gasteiger partial charge in [-0.05, 0) is 42.1 Å². The zero-order valence-corrected chi connectivity index (χ0v) is 15.0. The molecule has 0 saturated carbocycles. The van der Waals surface area contributed by atoms with Crippen LogP contribution < -0.4 is 4.31 Å². The summed E-state index contributed by atoms with van der Waals surface area (Å²) in [6.45, 7) is 1.48. The van der Waals surface area contributed by atoms with Crippen LogP contribution in [-0.2, 0) is 14.8 Å². The fourth-order valence-corrected chi connectivity index (χ4v) is 4.56. The average Bonchev–Trinajstić information content (AvgIpc) is 2.62. The third kappa shape index (κ3) is 3.25. The Hall–Kier alpha value is -2.37. The van der Waals surface area contributed by atoms with Crippen molar-refractivity contribution in [3.63, 3.8) is 0 Å². The number of hydrogen-bond donors (Lipinski definition) is 0. The van der Waals surface area contributed by atoms with Crippen LogP contribution in [0.1, 0.15) is 6.92 Å². The molecule has 0 amide bonds. The highest BCUT2D eigenvalue weighted by Gasteiger charge is 2.33. The summed E-state index contributed by atoms with van der Waals surface area (Å²) in [4.78, 5) is 11.9. The normalized spacial score (nSPS) is 12.7. The maximum Gasteiger partial charge on any atom is 0.265 e. The molecular formula is C19H16ClNO3S. The molecule has 25 heavy (non-hydrogen) atoms. The molecule has 6 heteroatoms. The number of carbonyl (C=O) groups excluding carboxylic acids is 1. The number of rotatable bonds is 5. The lowest BCUT2D eigenvalue weighted by Gasteiger charge is -2.29. The standard InChI is InChI=1S/C19H16ClNO3S/c1-14(19(20)22)21(25(23,24)16-10-3-2-4-11-16)18-13-7-9-15-8-5-6-12-17(15)18/h2-14H,1H3. The van der Waals surface area contributed by atoms with Crippen molar-refractivity contribution < 1.29 is 13.2 Å². The molecule has 0 aliphatic heterocycles. The SMILES string of the molecule is CC(C(=O)Cl)N(c1cccc2ccccc12)S(=O)(=O)c1ccccc1. The van der Waals surface area contributed by atoms with Gasteiger partial charge in [0.25, 0.3) is 10.0 Å².